The number of imidazole rings is 1. The predicted molar refractivity (Wildman–Crippen MR) is 122 cm³/mol. The van der Waals surface area contributed by atoms with Crippen molar-refractivity contribution in [1.29, 1.82) is 0 Å². The van der Waals surface area contributed by atoms with Gasteiger partial charge in [-0.3, -0.25) is 10.1 Å². The van der Waals surface area contributed by atoms with Gasteiger partial charge in [0.2, 0.25) is 0 Å². The normalized spacial score (nSPS) is 11.9. The van der Waals surface area contributed by atoms with Crippen molar-refractivity contribution in [2.45, 2.75) is 51.7 Å². The average molecular weight is 436 g/mol. The zero-order valence-electron chi connectivity index (χ0n) is 18.2. The van der Waals surface area contributed by atoms with Crippen molar-refractivity contribution in [3.63, 3.8) is 0 Å². The van der Waals surface area contributed by atoms with E-state index in [1.165, 1.54) is 0 Å². The lowest BCUT2D eigenvalue weighted by Gasteiger charge is -2.17. The molecule has 0 aliphatic carbocycles. The highest BCUT2D eigenvalue weighted by molar-refractivity contribution is 5.87. The fourth-order valence-electron chi connectivity index (χ4n) is 3.58. The Morgan fingerprint density at radius 3 is 2.38 bits per heavy atom. The standard InChI is InChI=1S/C25H29N3O4/c1-2-3-9-23-27-16-21(28(23)17-19-10-12-20(13-11-19)24(29)30)15-26-22(25(31)32)14-18-7-5-4-6-8-18/h4-8,10-13,16,22,26H,2-3,9,14-15,17H2,1H3,(H,29,30)(H,31,32)/t22-/m1/s1. The summed E-state index contributed by atoms with van der Waals surface area (Å²) in [5.41, 5.74) is 3.07. The molecule has 0 saturated heterocycles. The van der Waals surface area contributed by atoms with Crippen LogP contribution in [0.4, 0.5) is 0 Å². The lowest BCUT2D eigenvalue weighted by molar-refractivity contribution is -0.139. The van der Waals surface area contributed by atoms with Crippen molar-refractivity contribution < 1.29 is 19.8 Å². The molecule has 1 heterocycles. The second-order valence-corrected chi connectivity index (χ2v) is 7.82. The van der Waals surface area contributed by atoms with Gasteiger partial charge in [0.1, 0.15) is 11.9 Å². The Balaban J connectivity index is 1.76. The number of unbranched alkanes of at least 4 members (excludes halogenated alkanes) is 1. The minimum atomic E-state index is -0.953. The summed E-state index contributed by atoms with van der Waals surface area (Å²) >= 11 is 0. The Bertz CT molecular complexity index is 1030. The lowest BCUT2D eigenvalue weighted by atomic mass is 10.1. The number of aryl methyl sites for hydroxylation is 1. The van der Waals surface area contributed by atoms with Crippen molar-refractivity contribution in [2.75, 3.05) is 0 Å². The maximum Gasteiger partial charge on any atom is 0.335 e. The molecule has 0 amide bonds. The van der Waals surface area contributed by atoms with E-state index in [-0.39, 0.29) is 5.56 Å². The van der Waals surface area contributed by atoms with Gasteiger partial charge in [0.15, 0.2) is 0 Å². The van der Waals surface area contributed by atoms with Crippen LogP contribution in [0.15, 0.2) is 60.8 Å². The molecule has 0 bridgehead atoms. The third kappa shape index (κ3) is 6.28. The first-order valence-electron chi connectivity index (χ1n) is 10.8. The minimum Gasteiger partial charge on any atom is -0.480 e. The van der Waals surface area contributed by atoms with Crippen LogP contribution in [0.3, 0.4) is 0 Å². The van der Waals surface area contributed by atoms with Crippen molar-refractivity contribution in [3.8, 4) is 0 Å². The number of rotatable bonds is 12. The summed E-state index contributed by atoms with van der Waals surface area (Å²) in [6, 6.07) is 15.6. The van der Waals surface area contributed by atoms with E-state index in [9.17, 15) is 14.7 Å². The van der Waals surface area contributed by atoms with Crippen LogP contribution in [0, 0.1) is 0 Å². The number of nitrogens with zero attached hydrogens (tertiary/aromatic N) is 2. The van der Waals surface area contributed by atoms with Gasteiger partial charge in [-0.2, -0.15) is 0 Å². The molecular weight excluding hydrogens is 406 g/mol. The number of aromatic nitrogens is 2. The van der Waals surface area contributed by atoms with Crippen LogP contribution >= 0.6 is 0 Å². The highest BCUT2D eigenvalue weighted by atomic mass is 16.4. The second kappa shape index (κ2) is 11.2. The summed E-state index contributed by atoms with van der Waals surface area (Å²) in [6.45, 7) is 3.05. The highest BCUT2D eigenvalue weighted by Crippen LogP contribution is 2.15. The second-order valence-electron chi connectivity index (χ2n) is 7.82. The minimum absolute atomic E-state index is 0.248. The van der Waals surface area contributed by atoms with E-state index >= 15 is 0 Å². The molecular formula is C25H29N3O4. The predicted octanol–water partition coefficient (Wildman–Crippen LogP) is 3.76. The number of carboxylic acid groups (broad SMARTS) is 2. The van der Waals surface area contributed by atoms with Crippen LogP contribution in [-0.2, 0) is 30.7 Å². The Morgan fingerprint density at radius 2 is 1.75 bits per heavy atom. The Morgan fingerprint density at radius 1 is 1.03 bits per heavy atom. The topological polar surface area (TPSA) is 104 Å². The molecule has 0 spiro atoms. The van der Waals surface area contributed by atoms with Gasteiger partial charge >= 0.3 is 11.9 Å². The summed E-state index contributed by atoms with van der Waals surface area (Å²) in [5.74, 6) is -0.901. The molecule has 32 heavy (non-hydrogen) atoms. The van der Waals surface area contributed by atoms with Crippen molar-refractivity contribution >= 4 is 11.9 Å². The molecule has 0 saturated carbocycles. The van der Waals surface area contributed by atoms with Crippen LogP contribution in [0.25, 0.3) is 0 Å². The van der Waals surface area contributed by atoms with Crippen molar-refractivity contribution in [2.24, 2.45) is 0 Å². The molecule has 168 valence electrons. The van der Waals surface area contributed by atoms with Crippen LogP contribution < -0.4 is 5.32 Å². The van der Waals surface area contributed by atoms with Gasteiger partial charge in [-0.1, -0.05) is 55.8 Å². The zero-order valence-corrected chi connectivity index (χ0v) is 18.2. The highest BCUT2D eigenvalue weighted by Gasteiger charge is 2.19. The molecule has 1 atom stereocenters. The number of hydrogen-bond acceptors (Lipinski definition) is 4. The first-order chi connectivity index (χ1) is 15.5. The number of benzene rings is 2. The summed E-state index contributed by atoms with van der Waals surface area (Å²) in [6.07, 6.45) is 5.07. The molecule has 3 rings (SSSR count). The number of aliphatic carboxylic acids is 1. The number of hydrogen-bond donors (Lipinski definition) is 3. The Labute approximate surface area is 187 Å². The van der Waals surface area contributed by atoms with Gasteiger partial charge in [0.05, 0.1) is 11.3 Å². The van der Waals surface area contributed by atoms with E-state index in [1.807, 2.05) is 30.3 Å². The molecule has 7 nitrogen and oxygen atoms in total. The number of carboxylic acids is 2. The maximum absolute atomic E-state index is 11.8. The fraction of sp³-hybridized carbons (Fsp3) is 0.320. The van der Waals surface area contributed by atoms with Crippen LogP contribution in [-0.4, -0.2) is 37.7 Å². The maximum atomic E-state index is 11.8. The summed E-state index contributed by atoms with van der Waals surface area (Å²) in [5, 5.41) is 22.0. The van der Waals surface area contributed by atoms with E-state index in [0.717, 1.165) is 41.9 Å². The van der Waals surface area contributed by atoms with E-state index in [1.54, 1.807) is 30.5 Å². The van der Waals surface area contributed by atoms with E-state index in [4.69, 9.17) is 5.11 Å². The lowest BCUT2D eigenvalue weighted by Crippen LogP contribution is -2.38. The van der Waals surface area contributed by atoms with Crippen LogP contribution in [0.1, 0.15) is 52.8 Å². The quantitative estimate of drug-likeness (QED) is 0.400. The van der Waals surface area contributed by atoms with Gasteiger partial charge < -0.3 is 14.8 Å². The van der Waals surface area contributed by atoms with Gasteiger partial charge in [-0.05, 0) is 36.1 Å². The number of aromatic carboxylic acids is 1. The molecule has 0 aliphatic heterocycles. The molecule has 7 heteroatoms. The van der Waals surface area contributed by atoms with Crippen molar-refractivity contribution in [1.82, 2.24) is 14.9 Å². The molecule has 0 aliphatic rings. The van der Waals surface area contributed by atoms with Gasteiger partial charge in [-0.25, -0.2) is 9.78 Å². The summed E-state index contributed by atoms with van der Waals surface area (Å²) in [7, 11) is 0. The molecule has 0 fully saturated rings. The van der Waals surface area contributed by atoms with E-state index < -0.39 is 18.0 Å². The third-order valence-electron chi connectivity index (χ3n) is 5.43. The Kier molecular flexibility index (Phi) is 8.16. The molecule has 0 radical (unpaired) electrons. The van der Waals surface area contributed by atoms with Crippen LogP contribution in [0.2, 0.25) is 0 Å². The van der Waals surface area contributed by atoms with Gasteiger partial charge in [-0.15, -0.1) is 0 Å². The molecule has 3 aromatic rings. The Hall–Kier alpha value is -3.45. The van der Waals surface area contributed by atoms with Crippen molar-refractivity contribution in [3.05, 3.63) is 89.0 Å². The molecule has 1 aromatic heterocycles. The van der Waals surface area contributed by atoms with Gasteiger partial charge in [0.25, 0.3) is 0 Å². The van der Waals surface area contributed by atoms with Crippen LogP contribution in [0.5, 0.6) is 0 Å². The van der Waals surface area contributed by atoms with E-state index in [2.05, 4.69) is 21.8 Å². The smallest absolute Gasteiger partial charge is 0.335 e. The largest absolute Gasteiger partial charge is 0.480 e. The third-order valence-corrected chi connectivity index (χ3v) is 5.43. The summed E-state index contributed by atoms with van der Waals surface area (Å²) < 4.78 is 2.10. The first-order valence-corrected chi connectivity index (χ1v) is 10.8. The van der Waals surface area contributed by atoms with E-state index in [0.29, 0.717) is 19.5 Å². The monoisotopic (exact) mass is 435 g/mol. The SMILES string of the molecule is CCCCc1ncc(CN[C@H](Cc2ccccc2)C(=O)O)n1Cc1ccc(C(=O)O)cc1. The number of carbonyl (C=O) groups is 2. The molecule has 0 unspecified atom stereocenters. The average Bonchev–Trinajstić information content (AvgIpc) is 3.17. The summed E-state index contributed by atoms with van der Waals surface area (Å²) in [4.78, 5) is 27.5. The first kappa shape index (κ1) is 23.2. The van der Waals surface area contributed by atoms with Gasteiger partial charge in [0, 0.05) is 25.7 Å². The molecule has 3 N–H and O–H groups in total. The molecule has 2 aromatic carbocycles. The number of nitrogens with one attached hydrogen (secondary N) is 1. The fourth-order valence-corrected chi connectivity index (χ4v) is 3.58. The zero-order chi connectivity index (χ0) is 22.9.